The summed E-state index contributed by atoms with van der Waals surface area (Å²) >= 11 is 0. The highest BCUT2D eigenvalue weighted by Gasteiger charge is 2.38. The first-order chi connectivity index (χ1) is 20.2. The largest absolute Gasteiger partial charge is 0.710 e. The molecule has 6 fully saturated rings. The van der Waals surface area contributed by atoms with Crippen molar-refractivity contribution in [3.05, 3.63) is 0 Å². The van der Waals surface area contributed by atoms with E-state index in [9.17, 15) is 4.57 Å². The maximum atomic E-state index is 14.3. The van der Waals surface area contributed by atoms with E-state index in [4.69, 9.17) is 13.9 Å². The molecule has 0 spiro atoms. The van der Waals surface area contributed by atoms with Gasteiger partial charge in [-0.1, -0.05) is 0 Å². The molecule has 6 aliphatic heterocycles. The number of oxime groups is 3. The van der Waals surface area contributed by atoms with Crippen molar-refractivity contribution in [3.8, 4) is 0 Å². The van der Waals surface area contributed by atoms with Crippen molar-refractivity contribution in [2.24, 2.45) is 15.5 Å². The Morgan fingerprint density at radius 1 is 0.366 bits per heavy atom. The molecule has 0 aromatic heterocycles. The zero-order chi connectivity index (χ0) is 27.9. The van der Waals surface area contributed by atoms with Crippen LogP contribution < -0.4 is 0 Å². The van der Waals surface area contributed by atoms with Gasteiger partial charge in [-0.05, 0) is 92.5 Å². The molecule has 6 heterocycles. The standard InChI is InChI=1S/C27H48N9O4P/c37-41(38-28-25(31-13-1-2-14-31)32-15-3-4-16-32,39-29-26(33-17-5-6-18-33)34-19-7-8-20-34)40-30-27(35-21-9-10-22-35)36-23-11-12-24-36/h1-24H2. The summed E-state index contributed by atoms with van der Waals surface area (Å²) in [5.41, 5.74) is 0. The lowest BCUT2D eigenvalue weighted by Gasteiger charge is -2.29. The Balaban J connectivity index is 1.28. The van der Waals surface area contributed by atoms with E-state index in [1.165, 1.54) is 0 Å². The molecule has 6 saturated heterocycles. The first kappa shape index (κ1) is 28.6. The van der Waals surface area contributed by atoms with Gasteiger partial charge in [-0.2, -0.15) is 4.57 Å². The predicted octanol–water partition coefficient (Wildman–Crippen LogP) is 3.53. The van der Waals surface area contributed by atoms with Gasteiger partial charge in [-0.3, -0.25) is 13.9 Å². The molecule has 6 aliphatic rings. The first-order valence-electron chi connectivity index (χ1n) is 16.1. The second kappa shape index (κ2) is 13.6. The Morgan fingerprint density at radius 2 is 0.537 bits per heavy atom. The normalized spacial score (nSPS) is 23.0. The fourth-order valence-corrected chi connectivity index (χ4v) is 7.36. The van der Waals surface area contributed by atoms with Crippen molar-refractivity contribution < 1.29 is 18.4 Å². The highest BCUT2D eigenvalue weighted by molar-refractivity contribution is 7.48. The fourth-order valence-electron chi connectivity index (χ4n) is 6.75. The highest BCUT2D eigenvalue weighted by Crippen LogP contribution is 2.51. The number of phosphoric acid groups is 1. The van der Waals surface area contributed by atoms with Gasteiger partial charge in [0.1, 0.15) is 0 Å². The van der Waals surface area contributed by atoms with Gasteiger partial charge in [0.05, 0.1) is 0 Å². The lowest BCUT2D eigenvalue weighted by atomic mass is 10.4. The van der Waals surface area contributed by atoms with Crippen LogP contribution in [0, 0.1) is 0 Å². The van der Waals surface area contributed by atoms with Crippen LogP contribution in [0.4, 0.5) is 0 Å². The van der Waals surface area contributed by atoms with Crippen molar-refractivity contribution in [2.75, 3.05) is 78.5 Å². The molecule has 0 aromatic carbocycles. The molecule has 0 radical (unpaired) electrons. The maximum Gasteiger partial charge on any atom is 0.710 e. The summed E-state index contributed by atoms with van der Waals surface area (Å²) in [5.74, 6) is 2.12. The van der Waals surface area contributed by atoms with Crippen LogP contribution in [0.1, 0.15) is 77.0 Å². The molecule has 230 valence electrons. The molecular formula is C27H48N9O4P. The van der Waals surface area contributed by atoms with Crippen LogP contribution in [0.25, 0.3) is 0 Å². The Kier molecular flexibility index (Phi) is 9.48. The van der Waals surface area contributed by atoms with E-state index < -0.39 is 7.82 Å². The first-order valence-corrected chi connectivity index (χ1v) is 17.5. The minimum absolute atomic E-state index is 0.707. The molecule has 14 heteroatoms. The number of nitrogens with zero attached hydrogens (tertiary/aromatic N) is 9. The fraction of sp³-hybridized carbons (Fsp3) is 0.889. The minimum atomic E-state index is -4.35. The second-order valence-corrected chi connectivity index (χ2v) is 13.4. The van der Waals surface area contributed by atoms with Gasteiger partial charge in [0.2, 0.25) is 17.9 Å². The molecule has 0 N–H and O–H groups in total. The van der Waals surface area contributed by atoms with Crippen LogP contribution in [0.3, 0.4) is 0 Å². The molecular weight excluding hydrogens is 545 g/mol. The number of likely N-dealkylation sites (tertiary alicyclic amines) is 6. The number of hydrogen-bond donors (Lipinski definition) is 0. The molecule has 41 heavy (non-hydrogen) atoms. The molecule has 0 bridgehead atoms. The molecule has 0 aromatic rings. The second-order valence-electron chi connectivity index (χ2n) is 12.0. The van der Waals surface area contributed by atoms with Crippen molar-refractivity contribution in [3.63, 3.8) is 0 Å². The van der Waals surface area contributed by atoms with E-state index in [-0.39, 0.29) is 0 Å². The van der Waals surface area contributed by atoms with Crippen molar-refractivity contribution in [2.45, 2.75) is 77.0 Å². The third-order valence-corrected chi connectivity index (χ3v) is 9.85. The Labute approximate surface area is 244 Å². The van der Waals surface area contributed by atoms with Crippen molar-refractivity contribution in [1.29, 1.82) is 0 Å². The SMILES string of the molecule is O=P(ON=C(N1CCCC1)N1CCCC1)(ON=C(N1CCCC1)N1CCCC1)ON=C(N1CCCC1)N1CCCC1. The third kappa shape index (κ3) is 7.09. The zero-order valence-electron chi connectivity index (χ0n) is 24.6. The number of hydrogen-bond acceptors (Lipinski definition) is 7. The average Bonchev–Trinajstić information content (AvgIpc) is 3.81. The Morgan fingerprint density at radius 3 is 0.707 bits per heavy atom. The topological polar surface area (TPSA) is 101 Å². The van der Waals surface area contributed by atoms with E-state index in [1.54, 1.807) is 0 Å². The summed E-state index contributed by atoms with van der Waals surface area (Å²) in [6.07, 6.45) is 13.3. The van der Waals surface area contributed by atoms with Crippen molar-refractivity contribution in [1.82, 2.24) is 29.4 Å². The molecule has 0 atom stereocenters. The van der Waals surface area contributed by atoms with E-state index >= 15 is 0 Å². The number of rotatable bonds is 6. The van der Waals surface area contributed by atoms with Crippen LogP contribution in [-0.4, -0.2) is 126 Å². The van der Waals surface area contributed by atoms with Gasteiger partial charge in [-0.15, -0.1) is 0 Å². The average molecular weight is 594 g/mol. The summed E-state index contributed by atoms with van der Waals surface area (Å²) in [6, 6.07) is 0. The molecule has 13 nitrogen and oxygen atoms in total. The smallest absolute Gasteiger partial charge is 0.340 e. The molecule has 0 unspecified atom stereocenters. The van der Waals surface area contributed by atoms with Gasteiger partial charge < -0.3 is 29.4 Å². The van der Waals surface area contributed by atoms with Gasteiger partial charge >= 0.3 is 7.82 Å². The van der Waals surface area contributed by atoms with Crippen LogP contribution in [0.15, 0.2) is 15.5 Å². The van der Waals surface area contributed by atoms with E-state index in [0.29, 0.717) is 17.9 Å². The molecule has 0 aliphatic carbocycles. The summed E-state index contributed by atoms with van der Waals surface area (Å²) in [4.78, 5) is 13.3. The quantitative estimate of drug-likeness (QED) is 0.197. The number of guanidine groups is 3. The summed E-state index contributed by atoms with van der Waals surface area (Å²) in [7, 11) is -4.35. The lowest BCUT2D eigenvalue weighted by molar-refractivity contribution is 0.111. The zero-order valence-corrected chi connectivity index (χ0v) is 25.5. The van der Waals surface area contributed by atoms with Crippen LogP contribution in [0.5, 0.6) is 0 Å². The highest BCUT2D eigenvalue weighted by atomic mass is 31.2. The Bertz CT molecular complexity index is 813. The summed E-state index contributed by atoms with van der Waals surface area (Å²) in [5, 5.41) is 13.4. The molecule has 0 amide bonds. The predicted molar refractivity (Wildman–Crippen MR) is 158 cm³/mol. The third-order valence-electron chi connectivity index (χ3n) is 9.00. The summed E-state index contributed by atoms with van der Waals surface area (Å²) in [6.45, 7) is 10.9. The van der Waals surface area contributed by atoms with E-state index in [2.05, 4.69) is 44.9 Å². The molecule has 6 rings (SSSR count). The van der Waals surface area contributed by atoms with Crippen molar-refractivity contribution >= 4 is 25.7 Å². The van der Waals surface area contributed by atoms with E-state index in [0.717, 1.165) is 156 Å². The lowest BCUT2D eigenvalue weighted by Crippen LogP contribution is -2.42. The monoisotopic (exact) mass is 593 g/mol. The van der Waals surface area contributed by atoms with E-state index in [1.807, 2.05) is 0 Å². The van der Waals surface area contributed by atoms with Gasteiger partial charge in [0.25, 0.3) is 0 Å². The Hall–Kier alpha value is -2.56. The summed E-state index contributed by atoms with van der Waals surface area (Å²) < 4.78 is 31.7. The van der Waals surface area contributed by atoms with Gasteiger partial charge in [0.15, 0.2) is 0 Å². The minimum Gasteiger partial charge on any atom is -0.340 e. The maximum absolute atomic E-state index is 14.3. The van der Waals surface area contributed by atoms with Gasteiger partial charge in [-0.25, -0.2) is 0 Å². The van der Waals surface area contributed by atoms with Crippen LogP contribution in [-0.2, 0) is 18.4 Å². The van der Waals surface area contributed by atoms with Crippen LogP contribution >= 0.6 is 7.82 Å². The van der Waals surface area contributed by atoms with Gasteiger partial charge in [0, 0.05) is 78.5 Å². The van der Waals surface area contributed by atoms with Crippen LogP contribution in [0.2, 0.25) is 0 Å². The molecule has 0 saturated carbocycles.